The van der Waals surface area contributed by atoms with Crippen molar-refractivity contribution in [1.82, 2.24) is 5.43 Å². The maximum atomic E-state index is 12.8. The average Bonchev–Trinajstić information content (AvgIpc) is 2.11. The molecule has 1 aromatic rings. The van der Waals surface area contributed by atoms with Crippen LogP contribution in [0.4, 0.5) is 10.1 Å². The highest BCUT2D eigenvalue weighted by Crippen LogP contribution is 2.15. The molecule has 4 nitrogen and oxygen atoms in total. The van der Waals surface area contributed by atoms with Crippen LogP contribution in [0.2, 0.25) is 0 Å². The molecule has 0 aromatic heterocycles. The van der Waals surface area contributed by atoms with Gasteiger partial charge >= 0.3 is 0 Å². The zero-order chi connectivity index (χ0) is 9.84. The van der Waals surface area contributed by atoms with Crippen molar-refractivity contribution in [2.24, 2.45) is 16.6 Å². The van der Waals surface area contributed by atoms with E-state index in [1.165, 1.54) is 12.1 Å². The molecule has 0 spiro atoms. The number of hydrogen-bond donors (Lipinski definition) is 3. The van der Waals surface area contributed by atoms with Gasteiger partial charge in [-0.3, -0.25) is 5.43 Å². The number of aliphatic imine (C=N–C) groups is 1. The fraction of sp³-hybridized carbons (Fsp3) is 0.125. The number of guanidine groups is 1. The monoisotopic (exact) mass is 182 g/mol. The molecule has 0 saturated carbocycles. The summed E-state index contributed by atoms with van der Waals surface area (Å²) in [4.78, 5) is 3.87. The molecule has 1 rings (SSSR count). The predicted molar refractivity (Wildman–Crippen MR) is 49.7 cm³/mol. The van der Waals surface area contributed by atoms with Gasteiger partial charge in [0.05, 0.1) is 5.69 Å². The van der Waals surface area contributed by atoms with Crippen LogP contribution in [0.5, 0.6) is 0 Å². The highest BCUT2D eigenvalue weighted by Gasteiger charge is 1.97. The van der Waals surface area contributed by atoms with E-state index in [-0.39, 0.29) is 11.8 Å². The molecule has 0 amide bonds. The molecule has 0 fully saturated rings. The summed E-state index contributed by atoms with van der Waals surface area (Å²) in [5, 5.41) is 0. The molecule has 1 aromatic carbocycles. The molecular weight excluding hydrogens is 171 g/mol. The molecule has 0 radical (unpaired) electrons. The quantitative estimate of drug-likeness (QED) is 0.257. The van der Waals surface area contributed by atoms with E-state index in [4.69, 9.17) is 11.6 Å². The van der Waals surface area contributed by atoms with Crippen LogP contribution in [-0.4, -0.2) is 5.96 Å². The van der Waals surface area contributed by atoms with Crippen LogP contribution < -0.4 is 17.0 Å². The summed E-state index contributed by atoms with van der Waals surface area (Å²) in [5.41, 5.74) is 8.58. The number of nitrogens with zero attached hydrogens (tertiary/aromatic N) is 1. The number of nitrogens with one attached hydrogen (secondary N) is 1. The van der Waals surface area contributed by atoms with Crippen LogP contribution in [0.15, 0.2) is 23.2 Å². The summed E-state index contributed by atoms with van der Waals surface area (Å²) >= 11 is 0. The minimum Gasteiger partial charge on any atom is -0.369 e. The van der Waals surface area contributed by atoms with E-state index >= 15 is 0 Å². The molecule has 0 unspecified atom stereocenters. The van der Waals surface area contributed by atoms with Gasteiger partial charge in [0, 0.05) is 0 Å². The topological polar surface area (TPSA) is 76.4 Å². The van der Waals surface area contributed by atoms with Crippen LogP contribution in [0.25, 0.3) is 0 Å². The normalized spacial score (nSPS) is 11.5. The van der Waals surface area contributed by atoms with Crippen molar-refractivity contribution in [1.29, 1.82) is 0 Å². The lowest BCUT2D eigenvalue weighted by atomic mass is 10.2. The number of aryl methyl sites for hydroxylation is 1. The van der Waals surface area contributed by atoms with Gasteiger partial charge in [-0.05, 0) is 30.7 Å². The Morgan fingerprint density at radius 1 is 1.54 bits per heavy atom. The van der Waals surface area contributed by atoms with Crippen molar-refractivity contribution in [2.75, 3.05) is 0 Å². The molecule has 0 aliphatic heterocycles. The van der Waals surface area contributed by atoms with Crippen molar-refractivity contribution >= 4 is 11.6 Å². The largest absolute Gasteiger partial charge is 0.369 e. The lowest BCUT2D eigenvalue weighted by Crippen LogP contribution is -2.36. The number of nitrogens with two attached hydrogens (primary N) is 2. The van der Waals surface area contributed by atoms with E-state index in [1.807, 2.05) is 0 Å². The summed E-state index contributed by atoms with van der Waals surface area (Å²) in [6, 6.07) is 4.43. The summed E-state index contributed by atoms with van der Waals surface area (Å²) < 4.78 is 12.8. The number of rotatable bonds is 1. The van der Waals surface area contributed by atoms with E-state index < -0.39 is 0 Å². The van der Waals surface area contributed by atoms with Crippen LogP contribution in [0.1, 0.15) is 5.56 Å². The Morgan fingerprint density at radius 3 is 2.77 bits per heavy atom. The fourth-order valence-electron chi connectivity index (χ4n) is 0.870. The number of hydrazine groups is 1. The smallest absolute Gasteiger partial charge is 0.208 e. The third kappa shape index (κ3) is 2.41. The third-order valence-corrected chi connectivity index (χ3v) is 1.54. The standard InChI is InChI=1S/C8H11FN4/c1-5-4-6(2-3-7(5)9)12-8(10)13-11/h2-4H,11H2,1H3,(H3,10,12,13). The summed E-state index contributed by atoms with van der Waals surface area (Å²) in [7, 11) is 0. The third-order valence-electron chi connectivity index (χ3n) is 1.54. The number of benzene rings is 1. The Kier molecular flexibility index (Phi) is 2.81. The fourth-order valence-corrected chi connectivity index (χ4v) is 0.870. The van der Waals surface area contributed by atoms with Gasteiger partial charge in [0.15, 0.2) is 0 Å². The Labute approximate surface area is 75.4 Å². The van der Waals surface area contributed by atoms with Crippen LogP contribution in [0, 0.1) is 12.7 Å². The lowest BCUT2D eigenvalue weighted by Gasteiger charge is -2.00. The maximum Gasteiger partial charge on any atom is 0.208 e. The SMILES string of the molecule is Cc1cc(N=C(N)NN)ccc1F. The van der Waals surface area contributed by atoms with Gasteiger partial charge in [0.2, 0.25) is 5.96 Å². The zero-order valence-corrected chi connectivity index (χ0v) is 7.21. The van der Waals surface area contributed by atoms with Crippen molar-refractivity contribution < 1.29 is 4.39 Å². The second-order valence-corrected chi connectivity index (χ2v) is 2.57. The van der Waals surface area contributed by atoms with Gasteiger partial charge in [-0.1, -0.05) is 0 Å². The van der Waals surface area contributed by atoms with Gasteiger partial charge < -0.3 is 5.73 Å². The summed E-state index contributed by atoms with van der Waals surface area (Å²) in [6.45, 7) is 1.65. The van der Waals surface area contributed by atoms with Crippen molar-refractivity contribution in [2.45, 2.75) is 6.92 Å². The minimum atomic E-state index is -0.266. The molecule has 0 aliphatic rings. The molecule has 0 bridgehead atoms. The van der Waals surface area contributed by atoms with Gasteiger partial charge in [-0.15, -0.1) is 0 Å². The maximum absolute atomic E-state index is 12.8. The van der Waals surface area contributed by atoms with Crippen LogP contribution in [0.3, 0.4) is 0 Å². The zero-order valence-electron chi connectivity index (χ0n) is 7.21. The van der Waals surface area contributed by atoms with Gasteiger partial charge in [0.1, 0.15) is 5.82 Å². The lowest BCUT2D eigenvalue weighted by molar-refractivity contribution is 0.618. The number of hydrogen-bond acceptors (Lipinski definition) is 2. The molecule has 13 heavy (non-hydrogen) atoms. The van der Waals surface area contributed by atoms with Crippen LogP contribution in [-0.2, 0) is 0 Å². The minimum absolute atomic E-state index is 0.0889. The first-order valence-electron chi connectivity index (χ1n) is 3.70. The molecule has 5 N–H and O–H groups in total. The molecule has 0 saturated heterocycles. The second-order valence-electron chi connectivity index (χ2n) is 2.57. The van der Waals surface area contributed by atoms with E-state index in [9.17, 15) is 4.39 Å². The molecular formula is C8H11FN4. The van der Waals surface area contributed by atoms with Gasteiger partial charge in [-0.25, -0.2) is 15.2 Å². The molecule has 5 heteroatoms. The number of halogens is 1. The first-order valence-corrected chi connectivity index (χ1v) is 3.70. The average molecular weight is 182 g/mol. The second kappa shape index (κ2) is 3.86. The van der Waals surface area contributed by atoms with Gasteiger partial charge in [-0.2, -0.15) is 0 Å². The summed E-state index contributed by atoms with van der Waals surface area (Å²) in [6.07, 6.45) is 0. The Morgan fingerprint density at radius 2 is 2.23 bits per heavy atom. The summed E-state index contributed by atoms with van der Waals surface area (Å²) in [5.74, 6) is 4.83. The van der Waals surface area contributed by atoms with E-state index in [0.717, 1.165) is 0 Å². The Bertz CT molecular complexity index is 335. The first-order chi connectivity index (χ1) is 6.13. The van der Waals surface area contributed by atoms with E-state index in [0.29, 0.717) is 11.3 Å². The molecule has 0 aliphatic carbocycles. The predicted octanol–water partition coefficient (Wildman–Crippen LogP) is 0.544. The van der Waals surface area contributed by atoms with E-state index in [2.05, 4.69) is 10.4 Å². The van der Waals surface area contributed by atoms with Crippen molar-refractivity contribution in [3.05, 3.63) is 29.6 Å². The molecule has 70 valence electrons. The first kappa shape index (κ1) is 9.47. The molecule has 0 heterocycles. The van der Waals surface area contributed by atoms with E-state index in [1.54, 1.807) is 13.0 Å². The Balaban J connectivity index is 2.98. The Hall–Kier alpha value is -1.62. The van der Waals surface area contributed by atoms with Crippen LogP contribution >= 0.6 is 0 Å². The van der Waals surface area contributed by atoms with Crippen molar-refractivity contribution in [3.63, 3.8) is 0 Å². The molecule has 0 atom stereocenters. The highest BCUT2D eigenvalue weighted by atomic mass is 19.1. The van der Waals surface area contributed by atoms with Gasteiger partial charge in [0.25, 0.3) is 0 Å². The van der Waals surface area contributed by atoms with Crippen molar-refractivity contribution in [3.8, 4) is 0 Å². The highest BCUT2D eigenvalue weighted by molar-refractivity contribution is 5.80.